The summed E-state index contributed by atoms with van der Waals surface area (Å²) in [6, 6.07) is 8.60. The number of aromatic nitrogens is 1. The van der Waals surface area contributed by atoms with Gasteiger partial charge < -0.3 is 4.57 Å². The van der Waals surface area contributed by atoms with Gasteiger partial charge in [-0.25, -0.2) is 0 Å². The predicted octanol–water partition coefficient (Wildman–Crippen LogP) is 2.85. The molecule has 0 atom stereocenters. The Morgan fingerprint density at radius 1 is 1.20 bits per heavy atom. The Hall–Kier alpha value is -0.800. The van der Waals surface area contributed by atoms with E-state index in [1.807, 2.05) is 0 Å². The standard InChI is InChI=1S/C12H13BrN2/c1-14-6-7-15-10-5-3-2-4-9(10)12(13)11(15)8-14/h2-5H,6-8H2,1H3. The van der Waals surface area contributed by atoms with Gasteiger partial charge in [-0.15, -0.1) is 0 Å². The van der Waals surface area contributed by atoms with E-state index in [4.69, 9.17) is 0 Å². The maximum Gasteiger partial charge on any atom is 0.0495 e. The molecule has 1 aliphatic rings. The number of para-hydroxylation sites is 1. The Kier molecular flexibility index (Phi) is 2.11. The van der Waals surface area contributed by atoms with Gasteiger partial charge in [-0.05, 0) is 29.0 Å². The highest BCUT2D eigenvalue weighted by molar-refractivity contribution is 9.10. The molecule has 3 rings (SSSR count). The van der Waals surface area contributed by atoms with Crippen molar-refractivity contribution in [2.45, 2.75) is 13.1 Å². The number of likely N-dealkylation sites (N-methyl/N-ethyl adjacent to an activating group) is 1. The topological polar surface area (TPSA) is 8.17 Å². The van der Waals surface area contributed by atoms with Gasteiger partial charge >= 0.3 is 0 Å². The highest BCUT2D eigenvalue weighted by atomic mass is 79.9. The second kappa shape index (κ2) is 3.35. The Bertz CT molecular complexity index is 516. The van der Waals surface area contributed by atoms with Gasteiger partial charge in [0, 0.05) is 40.7 Å². The van der Waals surface area contributed by atoms with Crippen LogP contribution in [-0.4, -0.2) is 23.1 Å². The molecule has 2 aromatic rings. The summed E-state index contributed by atoms with van der Waals surface area (Å²) in [5, 5.41) is 1.34. The zero-order valence-electron chi connectivity index (χ0n) is 8.70. The molecule has 0 N–H and O–H groups in total. The van der Waals surface area contributed by atoms with Crippen LogP contribution in [0.5, 0.6) is 0 Å². The van der Waals surface area contributed by atoms with Crippen LogP contribution in [0, 0.1) is 0 Å². The lowest BCUT2D eigenvalue weighted by molar-refractivity contribution is 0.272. The van der Waals surface area contributed by atoms with E-state index in [1.165, 1.54) is 21.1 Å². The summed E-state index contributed by atoms with van der Waals surface area (Å²) in [5.41, 5.74) is 2.76. The minimum absolute atomic E-state index is 1.04. The Morgan fingerprint density at radius 2 is 2.00 bits per heavy atom. The molecule has 0 fully saturated rings. The van der Waals surface area contributed by atoms with Crippen molar-refractivity contribution in [2.24, 2.45) is 0 Å². The van der Waals surface area contributed by atoms with Crippen LogP contribution in [0.1, 0.15) is 5.69 Å². The summed E-state index contributed by atoms with van der Waals surface area (Å²) in [7, 11) is 2.17. The Morgan fingerprint density at radius 3 is 2.87 bits per heavy atom. The molecule has 1 aliphatic heterocycles. The van der Waals surface area contributed by atoms with Crippen LogP contribution in [0.3, 0.4) is 0 Å². The first-order valence-corrected chi connectivity index (χ1v) is 6.01. The van der Waals surface area contributed by atoms with Crippen LogP contribution in [0.2, 0.25) is 0 Å². The van der Waals surface area contributed by atoms with Gasteiger partial charge in [0.15, 0.2) is 0 Å². The maximum atomic E-state index is 3.72. The number of halogens is 1. The normalized spacial score (nSPS) is 16.9. The second-order valence-electron chi connectivity index (χ2n) is 4.17. The highest BCUT2D eigenvalue weighted by Gasteiger charge is 2.19. The lowest BCUT2D eigenvalue weighted by atomic mass is 10.2. The number of hydrogen-bond donors (Lipinski definition) is 0. The van der Waals surface area contributed by atoms with Crippen molar-refractivity contribution in [3.05, 3.63) is 34.4 Å². The van der Waals surface area contributed by atoms with Crippen molar-refractivity contribution in [3.8, 4) is 0 Å². The summed E-state index contributed by atoms with van der Waals surface area (Å²) >= 11 is 3.72. The number of nitrogens with zero attached hydrogens (tertiary/aromatic N) is 2. The van der Waals surface area contributed by atoms with Crippen LogP contribution in [-0.2, 0) is 13.1 Å². The molecule has 1 aromatic heterocycles. The molecular formula is C12H13BrN2. The number of fused-ring (bicyclic) bond motifs is 3. The largest absolute Gasteiger partial charge is 0.341 e. The Labute approximate surface area is 97.6 Å². The average molecular weight is 265 g/mol. The summed E-state index contributed by atoms with van der Waals surface area (Å²) in [4.78, 5) is 2.36. The third kappa shape index (κ3) is 1.34. The monoisotopic (exact) mass is 264 g/mol. The van der Waals surface area contributed by atoms with Gasteiger partial charge in [0.2, 0.25) is 0 Å². The molecule has 0 aliphatic carbocycles. The van der Waals surface area contributed by atoms with Crippen LogP contribution < -0.4 is 0 Å². The van der Waals surface area contributed by atoms with E-state index < -0.39 is 0 Å². The van der Waals surface area contributed by atoms with Crippen molar-refractivity contribution >= 4 is 26.8 Å². The third-order valence-corrected chi connectivity index (χ3v) is 4.02. The van der Waals surface area contributed by atoms with Gasteiger partial charge in [0.25, 0.3) is 0 Å². The van der Waals surface area contributed by atoms with E-state index in [1.54, 1.807) is 0 Å². The zero-order chi connectivity index (χ0) is 10.4. The van der Waals surface area contributed by atoms with Gasteiger partial charge in [-0.1, -0.05) is 18.2 Å². The highest BCUT2D eigenvalue weighted by Crippen LogP contribution is 2.33. The van der Waals surface area contributed by atoms with Crippen LogP contribution >= 0.6 is 15.9 Å². The molecule has 0 saturated carbocycles. The number of hydrogen-bond acceptors (Lipinski definition) is 1. The number of benzene rings is 1. The fourth-order valence-electron chi connectivity index (χ4n) is 2.33. The van der Waals surface area contributed by atoms with Gasteiger partial charge in [0.1, 0.15) is 0 Å². The minimum atomic E-state index is 1.04. The molecule has 1 aromatic carbocycles. The fraction of sp³-hybridized carbons (Fsp3) is 0.333. The van der Waals surface area contributed by atoms with E-state index in [9.17, 15) is 0 Å². The van der Waals surface area contributed by atoms with E-state index >= 15 is 0 Å². The smallest absolute Gasteiger partial charge is 0.0495 e. The first-order valence-electron chi connectivity index (χ1n) is 5.21. The van der Waals surface area contributed by atoms with E-state index in [0.29, 0.717) is 0 Å². The quantitative estimate of drug-likeness (QED) is 0.711. The molecule has 0 radical (unpaired) electrons. The van der Waals surface area contributed by atoms with Crippen LogP contribution in [0.25, 0.3) is 10.9 Å². The fourth-order valence-corrected chi connectivity index (χ4v) is 3.00. The number of rotatable bonds is 0. The molecule has 2 nitrogen and oxygen atoms in total. The summed E-state index contributed by atoms with van der Waals surface area (Å²) in [5.74, 6) is 0. The SMILES string of the molecule is CN1CCn2c(c(Br)c3ccccc32)C1. The van der Waals surface area contributed by atoms with Crippen molar-refractivity contribution < 1.29 is 0 Å². The molecule has 2 heterocycles. The molecule has 0 amide bonds. The first kappa shape index (κ1) is 9.43. The van der Waals surface area contributed by atoms with Gasteiger partial charge in [0.05, 0.1) is 0 Å². The molecule has 3 heteroatoms. The molecular weight excluding hydrogens is 252 g/mol. The third-order valence-electron chi connectivity index (χ3n) is 3.14. The van der Waals surface area contributed by atoms with Crippen molar-refractivity contribution in [3.63, 3.8) is 0 Å². The lowest BCUT2D eigenvalue weighted by Crippen LogP contribution is -2.30. The second-order valence-corrected chi connectivity index (χ2v) is 4.96. The molecule has 0 spiro atoms. The maximum absolute atomic E-state index is 3.72. The summed E-state index contributed by atoms with van der Waals surface area (Å²) in [6.45, 7) is 3.27. The van der Waals surface area contributed by atoms with Crippen molar-refractivity contribution in [1.29, 1.82) is 0 Å². The van der Waals surface area contributed by atoms with Crippen LogP contribution in [0.15, 0.2) is 28.7 Å². The van der Waals surface area contributed by atoms with Gasteiger partial charge in [-0.2, -0.15) is 0 Å². The Balaban J connectivity index is 2.32. The average Bonchev–Trinajstić information content (AvgIpc) is 2.54. The molecule has 0 unspecified atom stereocenters. The van der Waals surface area contributed by atoms with E-state index in [2.05, 4.69) is 56.7 Å². The van der Waals surface area contributed by atoms with Crippen molar-refractivity contribution in [1.82, 2.24) is 9.47 Å². The lowest BCUT2D eigenvalue weighted by Gasteiger charge is -2.25. The van der Waals surface area contributed by atoms with E-state index in [0.717, 1.165) is 19.6 Å². The van der Waals surface area contributed by atoms with E-state index in [-0.39, 0.29) is 0 Å². The summed E-state index contributed by atoms with van der Waals surface area (Å²) in [6.07, 6.45) is 0. The molecule has 78 valence electrons. The van der Waals surface area contributed by atoms with Gasteiger partial charge in [-0.3, -0.25) is 4.90 Å². The summed E-state index contributed by atoms with van der Waals surface area (Å²) < 4.78 is 3.70. The first-order chi connectivity index (χ1) is 7.27. The molecule has 0 saturated heterocycles. The van der Waals surface area contributed by atoms with Crippen molar-refractivity contribution in [2.75, 3.05) is 13.6 Å². The van der Waals surface area contributed by atoms with Crippen LogP contribution in [0.4, 0.5) is 0 Å². The minimum Gasteiger partial charge on any atom is -0.341 e. The predicted molar refractivity (Wildman–Crippen MR) is 66.0 cm³/mol. The molecule has 0 bridgehead atoms. The zero-order valence-corrected chi connectivity index (χ0v) is 10.3. The molecule has 15 heavy (non-hydrogen) atoms.